The fraction of sp³-hybridized carbons (Fsp3) is 0.822. The topological polar surface area (TPSA) is 96.5 Å². The van der Waals surface area contributed by atoms with E-state index in [1.54, 1.807) is 0 Å². The highest BCUT2D eigenvalue weighted by Crippen LogP contribution is 2.43. The number of carbonyl (C=O) groups excluding carboxylic acids is 1. The molecule has 0 saturated heterocycles. The van der Waals surface area contributed by atoms with Crippen LogP contribution in [0.2, 0.25) is 0 Å². The molecule has 0 spiro atoms. The summed E-state index contributed by atoms with van der Waals surface area (Å²) < 4.78 is 40.0. The van der Waals surface area contributed by atoms with Crippen molar-refractivity contribution >= 4 is 81.1 Å². The number of hydrogen-bond acceptors (Lipinski definition) is 7. The molecule has 500 valence electrons. The van der Waals surface area contributed by atoms with Crippen LogP contribution in [0.15, 0.2) is 24.3 Å². The number of carbonyl (C=O) groups is 1. The van der Waals surface area contributed by atoms with Crippen molar-refractivity contribution in [1.29, 1.82) is 0 Å². The molecule has 2 aromatic carbocycles. The van der Waals surface area contributed by atoms with Crippen LogP contribution in [0.25, 0.3) is 0 Å². The van der Waals surface area contributed by atoms with E-state index in [1.807, 2.05) is 24.3 Å². The Balaban J connectivity index is 2.46. The Labute approximate surface area is 562 Å². The second kappa shape index (κ2) is 62.2. The summed E-state index contributed by atoms with van der Waals surface area (Å²) in [5.41, 5.74) is 1.17. The lowest BCUT2D eigenvalue weighted by molar-refractivity contribution is 0.234. The van der Waals surface area contributed by atoms with Crippen LogP contribution in [0, 0.1) is 0 Å². The van der Waals surface area contributed by atoms with Crippen LogP contribution in [0.4, 0.5) is 16.2 Å². The fourth-order valence-electron chi connectivity index (χ4n) is 10.9. The van der Waals surface area contributed by atoms with Crippen LogP contribution in [-0.4, -0.2) is 67.0 Å². The van der Waals surface area contributed by atoms with Crippen molar-refractivity contribution in [3.05, 3.63) is 24.3 Å². The summed E-state index contributed by atoms with van der Waals surface area (Å²) in [5.74, 6) is 3.74. The first kappa shape index (κ1) is 80.5. The van der Waals surface area contributed by atoms with Gasteiger partial charge in [0.05, 0.1) is 51.0 Å². The summed E-state index contributed by atoms with van der Waals surface area (Å²) in [6, 6.07) is 7.32. The molecule has 0 radical (unpaired) electrons. The van der Waals surface area contributed by atoms with E-state index < -0.39 is 0 Å². The average Bonchev–Trinajstić information content (AvgIpc) is 2.83. The maximum absolute atomic E-state index is 14.4. The molecule has 0 aromatic heterocycles. The van der Waals surface area contributed by atoms with Gasteiger partial charge in [-0.3, -0.25) is 0 Å². The van der Waals surface area contributed by atoms with E-state index in [-0.39, 0.29) is 6.03 Å². The molecule has 9 nitrogen and oxygen atoms in total. The van der Waals surface area contributed by atoms with Crippen LogP contribution in [0.1, 0.15) is 322 Å². The van der Waals surface area contributed by atoms with Crippen molar-refractivity contribution in [3.8, 4) is 34.5 Å². The first-order valence-corrected chi connectivity index (χ1v) is 40.4. The van der Waals surface area contributed by atoms with Gasteiger partial charge in [-0.25, -0.2) is 4.79 Å². The highest BCUT2D eigenvalue weighted by Gasteiger charge is 2.21. The Kier molecular flexibility index (Phi) is 58.3. The molecular formula is C73H128Br4N2O7. The van der Waals surface area contributed by atoms with Gasteiger partial charge >= 0.3 is 6.03 Å². The van der Waals surface area contributed by atoms with Gasteiger partial charge in [0.1, 0.15) is 0 Å². The summed E-state index contributed by atoms with van der Waals surface area (Å²) in [6.07, 6.45) is 58.3. The molecule has 0 unspecified atom stereocenters. The Morgan fingerprint density at radius 1 is 0.267 bits per heavy atom. The quantitative estimate of drug-likeness (QED) is 0.0503. The Bertz CT molecular complexity index is 1600. The first-order chi connectivity index (χ1) is 42.5. The lowest BCUT2D eigenvalue weighted by atomic mass is 10.1. The molecule has 13 heteroatoms. The monoisotopic (exact) mass is 1460 g/mol. The minimum Gasteiger partial charge on any atom is -0.489 e. The van der Waals surface area contributed by atoms with Crippen LogP contribution in [0.3, 0.4) is 0 Å². The van der Waals surface area contributed by atoms with Gasteiger partial charge in [0.2, 0.25) is 11.5 Å². The van der Waals surface area contributed by atoms with E-state index in [0.29, 0.717) is 85.5 Å². The second-order valence-corrected chi connectivity index (χ2v) is 27.5. The number of alkyl halides is 4. The molecule has 0 fully saturated rings. The van der Waals surface area contributed by atoms with E-state index in [0.717, 1.165) is 98.4 Å². The molecule has 2 amide bonds. The van der Waals surface area contributed by atoms with Crippen molar-refractivity contribution in [2.45, 2.75) is 322 Å². The predicted octanol–water partition coefficient (Wildman–Crippen LogP) is 25.9. The largest absolute Gasteiger partial charge is 0.489 e. The Hall–Kier alpha value is -1.57. The standard InChI is InChI=1S/C73H128Br4N2O7/c1-3-5-7-9-11-25-39-49-59-85-71-67(81-55-45-35-27-17-13-21-31-41-51-74)61-65(62-68(71)82-56-46-36-28-18-14-22-32-42-52-75)78-73(80)79-66-63-69(83-57-47-37-29-19-15-23-33-43-53-76)72(86-60-50-40-26-12-10-8-6-4-2)70(64-66)84-58-48-38-30-20-16-24-34-44-54-77/h61-64H,3-60H2,1-2H3,(H2,78,79,80). The SMILES string of the molecule is CCCCCCCCCCOc1c(OCCCCCCCCCCBr)cc(NC(=O)Nc2cc(OCCCCCCCCCCBr)c(OCCCCCCCCCC)c(OCCCCCCCCCCBr)c2)cc1OCCCCCCCCCCBr. The Morgan fingerprint density at radius 3 is 0.640 bits per heavy atom. The van der Waals surface area contributed by atoms with E-state index in [4.69, 9.17) is 28.4 Å². The Morgan fingerprint density at radius 2 is 0.442 bits per heavy atom. The molecule has 0 saturated carbocycles. The van der Waals surface area contributed by atoms with Crippen LogP contribution < -0.4 is 39.1 Å². The normalized spacial score (nSPS) is 11.3. The summed E-state index contributed by atoms with van der Waals surface area (Å²) in [5, 5.41) is 10.8. The summed E-state index contributed by atoms with van der Waals surface area (Å²) >= 11 is 14.3. The number of rotatable bonds is 66. The minimum atomic E-state index is -0.376. The van der Waals surface area contributed by atoms with Crippen LogP contribution >= 0.6 is 63.7 Å². The van der Waals surface area contributed by atoms with Gasteiger partial charge in [0.25, 0.3) is 0 Å². The van der Waals surface area contributed by atoms with Crippen LogP contribution in [-0.2, 0) is 0 Å². The molecule has 2 N–H and O–H groups in total. The molecule has 0 aliphatic rings. The van der Waals surface area contributed by atoms with Crippen molar-refractivity contribution in [2.24, 2.45) is 0 Å². The van der Waals surface area contributed by atoms with Gasteiger partial charge in [-0.2, -0.15) is 0 Å². The lowest BCUT2D eigenvalue weighted by Gasteiger charge is -2.20. The number of hydrogen-bond donors (Lipinski definition) is 2. The zero-order valence-corrected chi connectivity index (χ0v) is 61.5. The third-order valence-electron chi connectivity index (χ3n) is 16.2. The lowest BCUT2D eigenvalue weighted by Crippen LogP contribution is -2.20. The average molecular weight is 1470 g/mol. The smallest absolute Gasteiger partial charge is 0.323 e. The highest BCUT2D eigenvalue weighted by atomic mass is 79.9. The fourth-order valence-corrected chi connectivity index (χ4v) is 12.5. The minimum absolute atomic E-state index is 0.376. The number of benzene rings is 2. The number of urea groups is 1. The number of anilines is 2. The predicted molar refractivity (Wildman–Crippen MR) is 387 cm³/mol. The molecule has 0 bridgehead atoms. The van der Waals surface area contributed by atoms with E-state index in [1.165, 1.54) is 231 Å². The first-order valence-electron chi connectivity index (χ1n) is 36.0. The van der Waals surface area contributed by atoms with Gasteiger partial charge in [0, 0.05) is 45.6 Å². The number of unbranched alkanes of at least 4 members (excludes halogenated alkanes) is 42. The van der Waals surface area contributed by atoms with E-state index >= 15 is 0 Å². The van der Waals surface area contributed by atoms with Crippen LogP contribution in [0.5, 0.6) is 34.5 Å². The third-order valence-corrected chi connectivity index (χ3v) is 18.4. The molecule has 2 rings (SSSR count). The van der Waals surface area contributed by atoms with Crippen molar-refractivity contribution in [1.82, 2.24) is 0 Å². The van der Waals surface area contributed by atoms with Gasteiger partial charge < -0.3 is 39.1 Å². The van der Waals surface area contributed by atoms with Crippen molar-refractivity contribution < 1.29 is 33.2 Å². The summed E-state index contributed by atoms with van der Waals surface area (Å²) in [6.45, 7) is 7.99. The second-order valence-electron chi connectivity index (χ2n) is 24.3. The molecule has 0 aliphatic carbocycles. The number of amides is 2. The molecule has 0 atom stereocenters. The summed E-state index contributed by atoms with van der Waals surface area (Å²) in [4.78, 5) is 14.4. The molecule has 0 heterocycles. The molecule has 0 aliphatic heterocycles. The highest BCUT2D eigenvalue weighted by molar-refractivity contribution is 9.09. The van der Waals surface area contributed by atoms with Gasteiger partial charge in [-0.1, -0.05) is 322 Å². The molecule has 86 heavy (non-hydrogen) atoms. The van der Waals surface area contributed by atoms with Gasteiger partial charge in [-0.05, 0) is 64.2 Å². The van der Waals surface area contributed by atoms with E-state index in [9.17, 15) is 4.79 Å². The number of ether oxygens (including phenoxy) is 6. The zero-order valence-electron chi connectivity index (χ0n) is 55.2. The number of nitrogens with one attached hydrogen (secondary N) is 2. The summed E-state index contributed by atoms with van der Waals surface area (Å²) in [7, 11) is 0. The van der Waals surface area contributed by atoms with Gasteiger partial charge in [0.15, 0.2) is 23.0 Å². The van der Waals surface area contributed by atoms with Crippen molar-refractivity contribution in [2.75, 3.05) is 71.6 Å². The van der Waals surface area contributed by atoms with Crippen molar-refractivity contribution in [3.63, 3.8) is 0 Å². The zero-order chi connectivity index (χ0) is 61.7. The van der Waals surface area contributed by atoms with E-state index in [2.05, 4.69) is 88.2 Å². The third kappa shape index (κ3) is 46.5. The molecular weight excluding hydrogens is 1340 g/mol. The maximum atomic E-state index is 14.4. The maximum Gasteiger partial charge on any atom is 0.323 e. The number of halogens is 4. The van der Waals surface area contributed by atoms with Gasteiger partial charge in [-0.15, -0.1) is 0 Å². The molecule has 2 aromatic rings.